The molecule has 0 bridgehead atoms. The van der Waals surface area contributed by atoms with Gasteiger partial charge >= 0.3 is 0 Å². The molecule has 0 aliphatic carbocycles. The summed E-state index contributed by atoms with van der Waals surface area (Å²) in [5.74, 6) is -0.343. The third-order valence-electron chi connectivity index (χ3n) is 4.53. The van der Waals surface area contributed by atoms with Gasteiger partial charge in [-0.2, -0.15) is 0 Å². The van der Waals surface area contributed by atoms with E-state index in [1.807, 2.05) is 84.6 Å². The Morgan fingerprint density at radius 3 is 2.31 bits per heavy atom. The van der Waals surface area contributed by atoms with E-state index in [1.165, 1.54) is 6.08 Å². The summed E-state index contributed by atoms with van der Waals surface area (Å²) in [7, 11) is 0. The molecule has 1 amide bonds. The number of hydrogen-bond donors (Lipinski definition) is 1. The van der Waals surface area contributed by atoms with E-state index in [4.69, 9.17) is 34.8 Å². The summed E-state index contributed by atoms with van der Waals surface area (Å²) in [6.45, 7) is 2.49. The van der Waals surface area contributed by atoms with Gasteiger partial charge in [-0.15, -0.1) is 0 Å². The number of rotatable bonds is 6. The molecule has 0 aromatic heterocycles. The first kappa shape index (κ1) is 21.5. The maximum absolute atomic E-state index is 12.5. The Bertz CT molecular complexity index is 1000. The summed E-state index contributed by atoms with van der Waals surface area (Å²) in [6.07, 6.45) is 2.32. The van der Waals surface area contributed by atoms with Gasteiger partial charge in [0.05, 0.1) is 0 Å². The first-order valence-electron chi connectivity index (χ1n) is 9.24. The van der Waals surface area contributed by atoms with Gasteiger partial charge in [0.15, 0.2) is 0 Å². The van der Waals surface area contributed by atoms with Crippen LogP contribution in [-0.4, -0.2) is 22.4 Å². The number of halogens is 3. The Morgan fingerprint density at radius 1 is 1.00 bits per heavy atom. The molecule has 3 rings (SSSR count). The standard InChI is InChI=1S/C23H21Cl3N2O/c1-2-28(20-14-13-18-10-6-7-11-19(18)16-20)22(23(24,25)26)27-21(29)15-12-17-8-4-3-5-9-17/h3-16,22H,2H2,1H3,(H,27,29)/b15-12+/t22-/m1/s1. The lowest BCUT2D eigenvalue weighted by atomic mass is 10.1. The lowest BCUT2D eigenvalue weighted by Gasteiger charge is -2.37. The van der Waals surface area contributed by atoms with Crippen molar-refractivity contribution in [2.24, 2.45) is 0 Å². The fourth-order valence-electron chi connectivity index (χ4n) is 3.12. The first-order chi connectivity index (χ1) is 13.9. The van der Waals surface area contributed by atoms with E-state index in [1.54, 1.807) is 6.08 Å². The normalized spacial score (nSPS) is 12.8. The number of fused-ring (bicyclic) bond motifs is 1. The topological polar surface area (TPSA) is 32.3 Å². The molecule has 150 valence electrons. The van der Waals surface area contributed by atoms with Gasteiger partial charge in [0.2, 0.25) is 9.70 Å². The predicted molar refractivity (Wildman–Crippen MR) is 125 cm³/mol. The number of alkyl halides is 3. The second kappa shape index (κ2) is 9.53. The summed E-state index contributed by atoms with van der Waals surface area (Å²) in [5, 5.41) is 5.02. The number of carbonyl (C=O) groups excluding carboxylic acids is 1. The zero-order valence-electron chi connectivity index (χ0n) is 15.9. The maximum Gasteiger partial charge on any atom is 0.245 e. The van der Waals surface area contributed by atoms with Gasteiger partial charge in [0, 0.05) is 18.3 Å². The molecule has 0 saturated carbocycles. The van der Waals surface area contributed by atoms with Crippen LogP contribution >= 0.6 is 34.8 Å². The van der Waals surface area contributed by atoms with Gasteiger partial charge in [-0.05, 0) is 41.5 Å². The highest BCUT2D eigenvalue weighted by Gasteiger charge is 2.38. The Balaban J connectivity index is 1.85. The molecule has 3 aromatic carbocycles. The summed E-state index contributed by atoms with van der Waals surface area (Å²) >= 11 is 18.8. The molecule has 1 atom stereocenters. The van der Waals surface area contributed by atoms with Gasteiger partial charge in [0.25, 0.3) is 0 Å². The van der Waals surface area contributed by atoms with Crippen molar-refractivity contribution < 1.29 is 4.79 Å². The van der Waals surface area contributed by atoms with Crippen LogP contribution in [-0.2, 0) is 4.79 Å². The molecule has 3 aromatic rings. The van der Waals surface area contributed by atoms with E-state index in [2.05, 4.69) is 5.32 Å². The molecule has 3 nitrogen and oxygen atoms in total. The number of anilines is 1. The molecule has 0 unspecified atom stereocenters. The van der Waals surface area contributed by atoms with Crippen LogP contribution in [0.4, 0.5) is 5.69 Å². The smallest absolute Gasteiger partial charge is 0.245 e. The minimum Gasteiger partial charge on any atom is -0.348 e. The van der Waals surface area contributed by atoms with Gasteiger partial charge in [-0.1, -0.05) is 95.5 Å². The molecule has 0 spiro atoms. The van der Waals surface area contributed by atoms with Crippen LogP contribution in [0.3, 0.4) is 0 Å². The van der Waals surface area contributed by atoms with Crippen LogP contribution < -0.4 is 10.2 Å². The third-order valence-corrected chi connectivity index (χ3v) is 5.15. The Kier molecular flexibility index (Phi) is 7.07. The van der Waals surface area contributed by atoms with Crippen molar-refractivity contribution in [1.82, 2.24) is 5.32 Å². The second-order valence-electron chi connectivity index (χ2n) is 6.51. The molecular weight excluding hydrogens is 427 g/mol. The average Bonchev–Trinajstić information content (AvgIpc) is 2.72. The lowest BCUT2D eigenvalue weighted by Crippen LogP contribution is -2.55. The quantitative estimate of drug-likeness (QED) is 0.277. The van der Waals surface area contributed by atoms with Crippen LogP contribution in [0, 0.1) is 0 Å². The zero-order chi connectivity index (χ0) is 20.9. The van der Waals surface area contributed by atoms with Crippen LogP contribution in [0.15, 0.2) is 78.9 Å². The fourth-order valence-corrected chi connectivity index (χ4v) is 3.64. The summed E-state index contributed by atoms with van der Waals surface area (Å²) in [4.78, 5) is 14.4. The van der Waals surface area contributed by atoms with Crippen LogP contribution in [0.1, 0.15) is 12.5 Å². The predicted octanol–water partition coefficient (Wildman–Crippen LogP) is 6.19. The summed E-state index contributed by atoms with van der Waals surface area (Å²) < 4.78 is -1.72. The van der Waals surface area contributed by atoms with Crippen molar-refractivity contribution in [1.29, 1.82) is 0 Å². The van der Waals surface area contributed by atoms with E-state index in [9.17, 15) is 4.79 Å². The zero-order valence-corrected chi connectivity index (χ0v) is 18.1. The summed E-state index contributed by atoms with van der Waals surface area (Å²) in [5.41, 5.74) is 1.77. The van der Waals surface area contributed by atoms with E-state index in [0.717, 1.165) is 22.0 Å². The van der Waals surface area contributed by atoms with Crippen molar-refractivity contribution >= 4 is 63.2 Å². The molecule has 0 fully saturated rings. The fraction of sp³-hybridized carbons (Fsp3) is 0.174. The third kappa shape index (κ3) is 5.66. The van der Waals surface area contributed by atoms with Crippen LogP contribution in [0.5, 0.6) is 0 Å². The van der Waals surface area contributed by atoms with Crippen molar-refractivity contribution in [2.75, 3.05) is 11.4 Å². The average molecular weight is 448 g/mol. The SMILES string of the molecule is CCN(c1ccc2ccccc2c1)[C@@H](NC(=O)/C=C/c1ccccc1)C(Cl)(Cl)Cl. The van der Waals surface area contributed by atoms with Gasteiger partial charge < -0.3 is 10.2 Å². The largest absolute Gasteiger partial charge is 0.348 e. The van der Waals surface area contributed by atoms with Crippen molar-refractivity contribution in [3.63, 3.8) is 0 Å². The molecule has 0 aliphatic rings. The Labute approximate surface area is 185 Å². The molecule has 0 radical (unpaired) electrons. The summed E-state index contributed by atoms with van der Waals surface area (Å²) in [6, 6.07) is 23.6. The van der Waals surface area contributed by atoms with Gasteiger partial charge in [0.1, 0.15) is 6.17 Å². The molecule has 0 heterocycles. The highest BCUT2D eigenvalue weighted by molar-refractivity contribution is 6.68. The lowest BCUT2D eigenvalue weighted by molar-refractivity contribution is -0.117. The molecule has 29 heavy (non-hydrogen) atoms. The maximum atomic E-state index is 12.5. The van der Waals surface area contributed by atoms with Gasteiger partial charge in [-0.3, -0.25) is 4.79 Å². The number of amides is 1. The second-order valence-corrected chi connectivity index (χ2v) is 8.88. The minimum absolute atomic E-state index is 0.343. The van der Waals surface area contributed by atoms with E-state index >= 15 is 0 Å². The molecule has 0 saturated heterocycles. The number of carbonyl (C=O) groups is 1. The molecule has 6 heteroatoms. The number of benzene rings is 3. The number of nitrogens with one attached hydrogen (secondary N) is 1. The monoisotopic (exact) mass is 446 g/mol. The Morgan fingerprint density at radius 2 is 1.66 bits per heavy atom. The molecule has 1 N–H and O–H groups in total. The van der Waals surface area contributed by atoms with Crippen molar-refractivity contribution in [3.05, 3.63) is 84.4 Å². The van der Waals surface area contributed by atoms with Crippen LogP contribution in [0.25, 0.3) is 16.8 Å². The number of hydrogen-bond acceptors (Lipinski definition) is 2. The number of nitrogens with zero attached hydrogens (tertiary/aromatic N) is 1. The van der Waals surface area contributed by atoms with Crippen molar-refractivity contribution in [3.8, 4) is 0 Å². The molecule has 0 aliphatic heterocycles. The minimum atomic E-state index is -1.72. The van der Waals surface area contributed by atoms with Gasteiger partial charge in [-0.25, -0.2) is 0 Å². The highest BCUT2D eigenvalue weighted by Crippen LogP contribution is 2.35. The first-order valence-corrected chi connectivity index (χ1v) is 10.4. The van der Waals surface area contributed by atoms with Crippen LogP contribution in [0.2, 0.25) is 0 Å². The van der Waals surface area contributed by atoms with E-state index in [0.29, 0.717) is 6.54 Å². The highest BCUT2D eigenvalue weighted by atomic mass is 35.6. The van der Waals surface area contributed by atoms with E-state index < -0.39 is 9.96 Å². The van der Waals surface area contributed by atoms with Crippen molar-refractivity contribution in [2.45, 2.75) is 16.9 Å². The Hall–Kier alpha value is -2.20. The molecular formula is C23H21Cl3N2O. The van der Waals surface area contributed by atoms with E-state index in [-0.39, 0.29) is 5.91 Å².